The summed E-state index contributed by atoms with van der Waals surface area (Å²) in [6.07, 6.45) is 2.64. The summed E-state index contributed by atoms with van der Waals surface area (Å²) in [5.74, 6) is 0. The molecule has 1 aliphatic carbocycles. The Morgan fingerprint density at radius 2 is 1.96 bits per heavy atom. The molecule has 6 nitrogen and oxygen atoms in total. The molecule has 0 aromatic heterocycles. The van der Waals surface area contributed by atoms with Gasteiger partial charge in [-0.15, -0.1) is 0 Å². The molecule has 3 rings (SSSR count). The first-order valence-electron chi connectivity index (χ1n) is 8.29. The largest absolute Gasteiger partial charge is 0.457 e. The van der Waals surface area contributed by atoms with Crippen molar-refractivity contribution < 1.29 is 18.3 Å². The molecule has 1 saturated carbocycles. The summed E-state index contributed by atoms with van der Waals surface area (Å²) in [4.78, 5) is 4.41. The Kier molecular flexibility index (Phi) is 4.57. The van der Waals surface area contributed by atoms with Crippen molar-refractivity contribution in [3.63, 3.8) is 0 Å². The van der Waals surface area contributed by atoms with E-state index in [1.54, 1.807) is 26.0 Å². The van der Waals surface area contributed by atoms with Gasteiger partial charge < -0.3 is 9.84 Å². The summed E-state index contributed by atoms with van der Waals surface area (Å²) in [5, 5.41) is 8.94. The van der Waals surface area contributed by atoms with Crippen LogP contribution in [0.5, 0.6) is 0 Å². The third-order valence-corrected chi connectivity index (χ3v) is 6.47. The number of nitrogens with zero attached hydrogens (tertiary/aromatic N) is 1. The molecule has 1 saturated heterocycles. The van der Waals surface area contributed by atoms with Crippen molar-refractivity contribution in [3.05, 3.63) is 35.9 Å². The van der Waals surface area contributed by atoms with E-state index in [4.69, 9.17) is 4.74 Å². The number of aliphatic hydroxyl groups excluding tert-OH is 1. The normalized spacial score (nSPS) is 33.5. The molecular weight excluding hydrogens is 328 g/mol. The molecular formula is C17H24N2O4S. The Morgan fingerprint density at radius 1 is 1.25 bits per heavy atom. The van der Waals surface area contributed by atoms with Crippen LogP contribution in [0.4, 0.5) is 0 Å². The zero-order valence-corrected chi connectivity index (χ0v) is 14.8. The molecule has 2 fully saturated rings. The van der Waals surface area contributed by atoms with Crippen molar-refractivity contribution in [2.45, 2.75) is 62.5 Å². The highest BCUT2D eigenvalue weighted by Crippen LogP contribution is 2.38. The Hall–Kier alpha value is -1.60. The molecule has 3 atom stereocenters. The minimum atomic E-state index is -3.67. The van der Waals surface area contributed by atoms with Crippen molar-refractivity contribution >= 4 is 16.0 Å². The summed E-state index contributed by atoms with van der Waals surface area (Å²) in [6.45, 7) is 3.52. The van der Waals surface area contributed by atoms with Crippen molar-refractivity contribution in [2.24, 2.45) is 4.99 Å². The van der Waals surface area contributed by atoms with Gasteiger partial charge in [0, 0.05) is 0 Å². The van der Waals surface area contributed by atoms with Crippen molar-refractivity contribution in [1.82, 2.24) is 4.72 Å². The van der Waals surface area contributed by atoms with Crippen LogP contribution in [0.1, 0.15) is 50.3 Å². The number of hydrogen-bond acceptors (Lipinski definition) is 5. The number of sulfonamides is 1. The zero-order valence-electron chi connectivity index (χ0n) is 14.0. The highest BCUT2D eigenvalue weighted by Gasteiger charge is 2.48. The molecule has 2 N–H and O–H groups in total. The summed E-state index contributed by atoms with van der Waals surface area (Å²) in [5.41, 5.74) is -0.264. The molecule has 7 heteroatoms. The number of hydrogen-bond donors (Lipinski definition) is 2. The minimum Gasteiger partial charge on any atom is -0.457 e. The van der Waals surface area contributed by atoms with E-state index < -0.39 is 20.9 Å². The molecule has 24 heavy (non-hydrogen) atoms. The third kappa shape index (κ3) is 3.57. The minimum absolute atomic E-state index is 0.0336. The smallest absolute Gasteiger partial charge is 0.299 e. The fourth-order valence-corrected chi connectivity index (χ4v) is 5.33. The summed E-state index contributed by atoms with van der Waals surface area (Å²) < 4.78 is 34.0. The Labute approximate surface area is 143 Å². The van der Waals surface area contributed by atoms with Gasteiger partial charge in [-0.3, -0.25) is 0 Å². The van der Waals surface area contributed by atoms with E-state index in [-0.39, 0.29) is 18.2 Å². The molecule has 1 aromatic rings. The van der Waals surface area contributed by atoms with Crippen molar-refractivity contribution in [2.75, 3.05) is 0 Å². The van der Waals surface area contributed by atoms with Crippen LogP contribution in [0.3, 0.4) is 0 Å². The lowest BCUT2D eigenvalue weighted by atomic mass is 9.93. The molecule has 1 aromatic carbocycles. The Balaban J connectivity index is 1.88. The topological polar surface area (TPSA) is 88.0 Å². The third-order valence-electron chi connectivity index (χ3n) is 4.55. The van der Waals surface area contributed by atoms with Crippen LogP contribution in [-0.2, 0) is 14.8 Å². The Bertz CT molecular complexity index is 715. The van der Waals surface area contributed by atoms with Crippen LogP contribution in [0.2, 0.25) is 0 Å². The molecule has 1 heterocycles. The Morgan fingerprint density at radius 3 is 2.58 bits per heavy atom. The average molecular weight is 352 g/mol. The van der Waals surface area contributed by atoms with E-state index in [2.05, 4.69) is 9.71 Å². The van der Waals surface area contributed by atoms with Gasteiger partial charge >= 0.3 is 0 Å². The molecule has 0 amide bonds. The molecule has 0 bridgehead atoms. The van der Waals surface area contributed by atoms with E-state index in [0.717, 1.165) is 19.3 Å². The van der Waals surface area contributed by atoms with Crippen LogP contribution in [0.15, 0.2) is 35.3 Å². The van der Waals surface area contributed by atoms with Gasteiger partial charge in [-0.05, 0) is 45.1 Å². The van der Waals surface area contributed by atoms with Gasteiger partial charge in [-0.25, -0.2) is 18.1 Å². The maximum atomic E-state index is 12.8. The second kappa shape index (κ2) is 6.37. The van der Waals surface area contributed by atoms with Crippen LogP contribution < -0.4 is 4.72 Å². The number of aliphatic imine (C=N–C) groups is 1. The quantitative estimate of drug-likeness (QED) is 0.853. The van der Waals surface area contributed by atoms with Gasteiger partial charge in [0.15, 0.2) is 0 Å². The first-order chi connectivity index (χ1) is 11.3. The van der Waals surface area contributed by atoms with Crippen LogP contribution in [-0.4, -0.2) is 37.3 Å². The van der Waals surface area contributed by atoms with Gasteiger partial charge in [-0.1, -0.05) is 30.3 Å². The highest BCUT2D eigenvalue weighted by atomic mass is 32.2. The molecule has 2 aliphatic rings. The van der Waals surface area contributed by atoms with Gasteiger partial charge in [-0.2, -0.15) is 0 Å². The van der Waals surface area contributed by atoms with E-state index in [9.17, 15) is 13.5 Å². The van der Waals surface area contributed by atoms with E-state index in [0.29, 0.717) is 12.0 Å². The number of aliphatic hydroxyl groups is 1. The molecule has 0 spiro atoms. The molecule has 3 unspecified atom stereocenters. The van der Waals surface area contributed by atoms with Crippen molar-refractivity contribution in [3.8, 4) is 0 Å². The molecule has 0 radical (unpaired) electrons. The maximum Gasteiger partial charge on any atom is 0.299 e. The lowest BCUT2D eigenvalue weighted by Gasteiger charge is -2.39. The predicted octanol–water partition coefficient (Wildman–Crippen LogP) is 2.12. The van der Waals surface area contributed by atoms with Crippen LogP contribution in [0.25, 0.3) is 0 Å². The maximum absolute atomic E-state index is 12.8. The second-order valence-electron chi connectivity index (χ2n) is 7.05. The highest BCUT2D eigenvalue weighted by molar-refractivity contribution is 7.90. The van der Waals surface area contributed by atoms with Crippen LogP contribution in [0, 0.1) is 0 Å². The predicted molar refractivity (Wildman–Crippen MR) is 92.1 cm³/mol. The lowest BCUT2D eigenvalue weighted by Crippen LogP contribution is -2.53. The molecule has 132 valence electrons. The number of rotatable bonds is 2. The standard InChI is InChI=1S/C17H24N2O4S/c1-17(2)15(12-7-4-3-5-8-12)24(21,22)19-16(23-17)18-13-9-6-10-14(20)11-13/h3-5,7-8,13-15,20H,6,9-11H2,1-2H3,(H,18,19). The van der Waals surface area contributed by atoms with Crippen molar-refractivity contribution in [1.29, 1.82) is 0 Å². The number of benzene rings is 1. The first-order valence-corrected chi connectivity index (χ1v) is 9.84. The van der Waals surface area contributed by atoms with Gasteiger partial charge in [0.2, 0.25) is 10.0 Å². The van der Waals surface area contributed by atoms with Gasteiger partial charge in [0.1, 0.15) is 10.9 Å². The van der Waals surface area contributed by atoms with Crippen LogP contribution >= 0.6 is 0 Å². The van der Waals surface area contributed by atoms with Gasteiger partial charge in [0.25, 0.3) is 6.02 Å². The van der Waals surface area contributed by atoms with E-state index in [1.165, 1.54) is 0 Å². The van der Waals surface area contributed by atoms with E-state index >= 15 is 0 Å². The average Bonchev–Trinajstić information content (AvgIpc) is 2.45. The summed E-state index contributed by atoms with van der Waals surface area (Å²) in [6, 6.07) is 8.97. The fourth-order valence-electron chi connectivity index (χ4n) is 3.56. The van der Waals surface area contributed by atoms with E-state index in [1.807, 2.05) is 18.2 Å². The number of nitrogens with one attached hydrogen (secondary N) is 1. The summed E-state index contributed by atoms with van der Waals surface area (Å²) in [7, 11) is -3.67. The second-order valence-corrected chi connectivity index (χ2v) is 8.82. The summed E-state index contributed by atoms with van der Waals surface area (Å²) >= 11 is 0. The number of amidine groups is 1. The number of ether oxygens (including phenoxy) is 1. The zero-order chi connectivity index (χ0) is 17.4. The van der Waals surface area contributed by atoms with Gasteiger partial charge in [0.05, 0.1) is 12.1 Å². The molecule has 1 aliphatic heterocycles. The first kappa shape index (κ1) is 17.2. The lowest BCUT2D eigenvalue weighted by molar-refractivity contribution is 0.0741. The SMILES string of the molecule is CC1(C)OC(=NC2CCCC(O)C2)NS(=O)(=O)C1c1ccccc1. The monoisotopic (exact) mass is 352 g/mol. The fraction of sp³-hybridized carbons (Fsp3) is 0.588.